The van der Waals surface area contributed by atoms with Crippen LogP contribution in [0.3, 0.4) is 0 Å². The summed E-state index contributed by atoms with van der Waals surface area (Å²) < 4.78 is 19.6. The number of benzene rings is 2. The Morgan fingerprint density at radius 1 is 1.17 bits per heavy atom. The molecule has 0 bridgehead atoms. The van der Waals surface area contributed by atoms with Gasteiger partial charge in [-0.3, -0.25) is 9.59 Å². The topological polar surface area (TPSA) is 74.0 Å². The quantitative estimate of drug-likeness (QED) is 0.630. The maximum absolute atomic E-state index is 14.0. The van der Waals surface area contributed by atoms with Gasteiger partial charge in [-0.25, -0.2) is 4.39 Å². The van der Waals surface area contributed by atoms with Crippen molar-refractivity contribution in [1.82, 2.24) is 9.80 Å². The number of aliphatic hydroxyl groups excluding tert-OH is 1. The molecule has 7 heteroatoms. The van der Waals surface area contributed by atoms with E-state index in [9.17, 15) is 19.1 Å². The van der Waals surface area contributed by atoms with Crippen molar-refractivity contribution < 1.29 is 23.5 Å². The summed E-state index contributed by atoms with van der Waals surface area (Å²) in [5, 5.41) is 11.4. The summed E-state index contributed by atoms with van der Waals surface area (Å²) in [6.07, 6.45) is 0. The number of halogens is 1. The highest BCUT2D eigenvalue weighted by atomic mass is 19.1. The first-order valence-corrected chi connectivity index (χ1v) is 9.54. The highest BCUT2D eigenvalue weighted by molar-refractivity contribution is 6.16. The van der Waals surface area contributed by atoms with Crippen molar-refractivity contribution in [1.29, 1.82) is 0 Å². The van der Waals surface area contributed by atoms with Gasteiger partial charge in [-0.05, 0) is 43.9 Å². The van der Waals surface area contributed by atoms with E-state index in [1.54, 1.807) is 30.3 Å². The highest BCUT2D eigenvalue weighted by Crippen LogP contribution is 2.39. The number of amides is 1. The summed E-state index contributed by atoms with van der Waals surface area (Å²) in [6.45, 7) is 0.769. The Balaban J connectivity index is 1.79. The van der Waals surface area contributed by atoms with Crippen LogP contribution in [0.5, 0.6) is 0 Å². The fourth-order valence-corrected chi connectivity index (χ4v) is 3.67. The highest BCUT2D eigenvalue weighted by Gasteiger charge is 2.44. The van der Waals surface area contributed by atoms with Gasteiger partial charge in [-0.1, -0.05) is 30.3 Å². The lowest BCUT2D eigenvalue weighted by molar-refractivity contribution is -0.129. The van der Waals surface area contributed by atoms with Crippen LogP contribution in [0, 0.1) is 5.82 Å². The van der Waals surface area contributed by atoms with Gasteiger partial charge in [0.15, 0.2) is 11.5 Å². The van der Waals surface area contributed by atoms with Crippen LogP contribution in [-0.2, 0) is 4.79 Å². The Bertz CT molecular complexity index is 1130. The Kier molecular flexibility index (Phi) is 5.13. The predicted molar refractivity (Wildman–Crippen MR) is 110 cm³/mol. The minimum absolute atomic E-state index is 0.0152. The Morgan fingerprint density at radius 3 is 2.63 bits per heavy atom. The summed E-state index contributed by atoms with van der Waals surface area (Å²) in [4.78, 5) is 29.4. The van der Waals surface area contributed by atoms with Crippen molar-refractivity contribution in [2.24, 2.45) is 0 Å². The normalized spacial score (nSPS) is 16.9. The average molecular weight is 408 g/mol. The third kappa shape index (κ3) is 3.48. The van der Waals surface area contributed by atoms with Crippen molar-refractivity contribution in [2.75, 3.05) is 27.2 Å². The maximum atomic E-state index is 14.0. The van der Waals surface area contributed by atoms with E-state index in [1.807, 2.05) is 25.1 Å². The molecule has 0 spiro atoms. The number of nitrogens with zero attached hydrogens (tertiary/aromatic N) is 2. The Labute approximate surface area is 172 Å². The molecule has 0 unspecified atom stereocenters. The monoisotopic (exact) mass is 408 g/mol. The Morgan fingerprint density at radius 2 is 1.93 bits per heavy atom. The summed E-state index contributed by atoms with van der Waals surface area (Å²) in [5.41, 5.74) is 0.825. The van der Waals surface area contributed by atoms with Crippen molar-refractivity contribution in [3.05, 3.63) is 83.1 Å². The molecular weight excluding hydrogens is 387 g/mol. The predicted octanol–water partition coefficient (Wildman–Crippen LogP) is 3.71. The second kappa shape index (κ2) is 7.76. The van der Waals surface area contributed by atoms with Crippen LogP contribution in [0.4, 0.5) is 4.39 Å². The van der Waals surface area contributed by atoms with Crippen LogP contribution >= 0.6 is 0 Å². The van der Waals surface area contributed by atoms with Gasteiger partial charge in [-0.2, -0.15) is 0 Å². The summed E-state index contributed by atoms with van der Waals surface area (Å²) in [6, 6.07) is 13.5. The molecule has 3 aromatic rings. The molecule has 1 aromatic heterocycles. The number of carbonyl (C=O) groups excluding carboxylic acids is 2. The fourth-order valence-electron chi connectivity index (χ4n) is 3.67. The van der Waals surface area contributed by atoms with Crippen LogP contribution in [-0.4, -0.2) is 53.8 Å². The van der Waals surface area contributed by atoms with Gasteiger partial charge >= 0.3 is 0 Å². The number of para-hydroxylation sites is 1. The van der Waals surface area contributed by atoms with Gasteiger partial charge in [0.2, 0.25) is 5.78 Å². The molecule has 1 atom stereocenters. The molecule has 6 nitrogen and oxygen atoms in total. The number of furan rings is 1. The van der Waals surface area contributed by atoms with Crippen LogP contribution < -0.4 is 0 Å². The van der Waals surface area contributed by atoms with Crippen LogP contribution in [0.2, 0.25) is 0 Å². The molecule has 0 aliphatic carbocycles. The number of likely N-dealkylation sites (N-methyl/N-ethyl adjacent to an activating group) is 1. The van der Waals surface area contributed by atoms with E-state index >= 15 is 0 Å². The lowest BCUT2D eigenvalue weighted by Gasteiger charge is -2.27. The third-order valence-corrected chi connectivity index (χ3v) is 5.15. The largest absolute Gasteiger partial charge is 0.503 e. The van der Waals surface area contributed by atoms with E-state index < -0.39 is 29.3 Å². The van der Waals surface area contributed by atoms with Gasteiger partial charge in [0.1, 0.15) is 11.4 Å². The van der Waals surface area contributed by atoms with Gasteiger partial charge < -0.3 is 19.3 Å². The molecule has 30 heavy (non-hydrogen) atoms. The van der Waals surface area contributed by atoms with Gasteiger partial charge in [0, 0.05) is 18.5 Å². The molecule has 154 valence electrons. The van der Waals surface area contributed by atoms with E-state index in [0.717, 1.165) is 5.39 Å². The van der Waals surface area contributed by atoms with E-state index in [1.165, 1.54) is 23.1 Å². The number of aliphatic hydroxyl groups is 1. The molecular formula is C23H21FN2O4. The van der Waals surface area contributed by atoms with Crippen molar-refractivity contribution >= 4 is 22.7 Å². The number of hydrogen-bond acceptors (Lipinski definition) is 5. The molecule has 0 fully saturated rings. The minimum atomic E-state index is -0.908. The first kappa shape index (κ1) is 19.8. The second-order valence-electron chi connectivity index (χ2n) is 7.50. The molecule has 1 aliphatic heterocycles. The van der Waals surface area contributed by atoms with E-state index in [-0.39, 0.29) is 17.9 Å². The van der Waals surface area contributed by atoms with Crippen LogP contribution in [0.15, 0.2) is 70.3 Å². The first-order chi connectivity index (χ1) is 14.4. The Hall–Kier alpha value is -3.45. The number of Topliss-reactive ketones (excluding diaryl/α,β-unsaturated/α-hetero) is 1. The van der Waals surface area contributed by atoms with Crippen LogP contribution in [0.25, 0.3) is 11.0 Å². The first-order valence-electron chi connectivity index (χ1n) is 9.54. The van der Waals surface area contributed by atoms with Gasteiger partial charge in [0.25, 0.3) is 5.91 Å². The zero-order chi connectivity index (χ0) is 21.4. The third-order valence-electron chi connectivity index (χ3n) is 5.15. The van der Waals surface area contributed by atoms with Crippen molar-refractivity contribution in [3.63, 3.8) is 0 Å². The van der Waals surface area contributed by atoms with Gasteiger partial charge in [-0.15, -0.1) is 0 Å². The summed E-state index contributed by atoms with van der Waals surface area (Å²) in [5.74, 6) is -2.37. The van der Waals surface area contributed by atoms with Crippen molar-refractivity contribution in [2.45, 2.75) is 6.04 Å². The minimum Gasteiger partial charge on any atom is -0.503 e. The molecule has 1 N–H and O–H groups in total. The summed E-state index contributed by atoms with van der Waals surface area (Å²) in [7, 11) is 3.71. The number of hydrogen-bond donors (Lipinski definition) is 1. The molecule has 0 saturated heterocycles. The molecule has 1 aliphatic rings. The number of carbonyl (C=O) groups is 2. The second-order valence-corrected chi connectivity index (χ2v) is 7.50. The lowest BCUT2D eigenvalue weighted by atomic mass is 9.95. The molecule has 2 heterocycles. The SMILES string of the molecule is CN(C)CCN1C(=O)C(O)=C(C(=O)c2cc3ccccc3o2)[C@@H]1c1cccc(F)c1. The lowest BCUT2D eigenvalue weighted by Crippen LogP contribution is -2.36. The molecule has 0 radical (unpaired) electrons. The van der Waals surface area contributed by atoms with Crippen molar-refractivity contribution in [3.8, 4) is 0 Å². The fraction of sp³-hybridized carbons (Fsp3) is 0.217. The van der Waals surface area contributed by atoms with Gasteiger partial charge in [0.05, 0.1) is 11.6 Å². The maximum Gasteiger partial charge on any atom is 0.290 e. The number of rotatable bonds is 6. The van der Waals surface area contributed by atoms with E-state index in [4.69, 9.17) is 4.42 Å². The smallest absolute Gasteiger partial charge is 0.290 e. The standard InChI is InChI=1S/C23H21FN2O4/c1-25(2)10-11-26-20(15-7-5-8-16(24)12-15)19(22(28)23(26)29)21(27)18-13-14-6-3-4-9-17(14)30-18/h3-9,12-13,20,28H,10-11H2,1-2H3/t20-/m0/s1. The van der Waals surface area contributed by atoms with E-state index in [0.29, 0.717) is 17.7 Å². The molecule has 4 rings (SSSR count). The zero-order valence-corrected chi connectivity index (χ0v) is 16.6. The molecule has 1 amide bonds. The molecule has 0 saturated carbocycles. The number of fused-ring (bicyclic) bond motifs is 1. The zero-order valence-electron chi connectivity index (χ0n) is 16.6. The van der Waals surface area contributed by atoms with Crippen LogP contribution in [0.1, 0.15) is 22.2 Å². The summed E-state index contributed by atoms with van der Waals surface area (Å²) >= 11 is 0. The average Bonchev–Trinajstić information content (AvgIpc) is 3.26. The number of ketones is 1. The van der Waals surface area contributed by atoms with E-state index in [2.05, 4.69) is 0 Å². The molecule has 2 aromatic carbocycles.